The second kappa shape index (κ2) is 5.69. The number of amides is 1. The van der Waals surface area contributed by atoms with Crippen molar-refractivity contribution in [1.82, 2.24) is 15.1 Å². The Morgan fingerprint density at radius 2 is 2.05 bits per heavy atom. The quantitative estimate of drug-likeness (QED) is 0.763. The lowest BCUT2D eigenvalue weighted by atomic mass is 10.1. The minimum atomic E-state index is -0.499. The molecule has 1 amide bonds. The minimum Gasteiger partial charge on any atom is -0.332 e. The van der Waals surface area contributed by atoms with E-state index in [2.05, 4.69) is 10.4 Å². The van der Waals surface area contributed by atoms with Crippen molar-refractivity contribution in [3.05, 3.63) is 69.0 Å². The summed E-state index contributed by atoms with van der Waals surface area (Å²) in [7, 11) is 0. The molecule has 0 saturated heterocycles. The van der Waals surface area contributed by atoms with Crippen molar-refractivity contribution in [1.29, 1.82) is 0 Å². The summed E-state index contributed by atoms with van der Waals surface area (Å²) >= 11 is 5.95. The molecule has 2 aromatic carbocycles. The first-order valence-electron chi connectivity index (χ1n) is 6.79. The lowest BCUT2D eigenvalue weighted by Gasteiger charge is -2.08. The highest BCUT2D eigenvalue weighted by molar-refractivity contribution is 6.30. The van der Waals surface area contributed by atoms with Crippen molar-refractivity contribution in [2.45, 2.75) is 13.5 Å². The van der Waals surface area contributed by atoms with Gasteiger partial charge in [0.2, 0.25) is 0 Å². The van der Waals surface area contributed by atoms with Gasteiger partial charge in [-0.1, -0.05) is 29.8 Å². The molecule has 0 bridgehead atoms. The van der Waals surface area contributed by atoms with Gasteiger partial charge >= 0.3 is 6.03 Å². The van der Waals surface area contributed by atoms with Gasteiger partial charge in [-0.05, 0) is 42.3 Å². The molecule has 0 fully saturated rings. The largest absolute Gasteiger partial charge is 0.343 e. The van der Waals surface area contributed by atoms with E-state index in [1.165, 1.54) is 0 Å². The average molecular weight is 316 g/mol. The number of hydrogen-bond donors (Lipinski definition) is 2. The smallest absolute Gasteiger partial charge is 0.332 e. The zero-order valence-corrected chi connectivity index (χ0v) is 12.6. The number of aryl methyl sites for hydroxylation is 1. The van der Waals surface area contributed by atoms with Gasteiger partial charge in [0.1, 0.15) is 0 Å². The number of aromatic amines is 1. The molecular weight excluding hydrogens is 302 g/mol. The van der Waals surface area contributed by atoms with Crippen LogP contribution in [0.25, 0.3) is 10.9 Å². The van der Waals surface area contributed by atoms with Crippen molar-refractivity contribution in [3.8, 4) is 0 Å². The molecular formula is C16H14ClN3O2. The first kappa shape index (κ1) is 14.4. The van der Waals surface area contributed by atoms with Crippen LogP contribution in [0.2, 0.25) is 5.02 Å². The first-order chi connectivity index (χ1) is 10.6. The van der Waals surface area contributed by atoms with Gasteiger partial charge in [0.05, 0.1) is 10.9 Å². The van der Waals surface area contributed by atoms with Crippen LogP contribution >= 0.6 is 11.6 Å². The van der Waals surface area contributed by atoms with E-state index in [1.54, 1.807) is 36.4 Å². The molecule has 0 unspecified atom stereocenters. The number of para-hydroxylation sites is 1. The Morgan fingerprint density at radius 3 is 2.82 bits per heavy atom. The Bertz CT molecular complexity index is 911. The molecule has 0 aliphatic carbocycles. The van der Waals surface area contributed by atoms with Crippen molar-refractivity contribution in [2.24, 2.45) is 0 Å². The van der Waals surface area contributed by atoms with Gasteiger partial charge in [-0.15, -0.1) is 0 Å². The maximum atomic E-state index is 12.2. The zero-order valence-electron chi connectivity index (χ0n) is 11.9. The fourth-order valence-electron chi connectivity index (χ4n) is 2.28. The second-order valence-electron chi connectivity index (χ2n) is 5.03. The standard InChI is InChI=1S/C16H14ClN3O2/c1-10-6-7-12(17)8-11(10)9-18-16(22)20-15(21)13-4-2-3-5-14(13)19-20/h2-8,19H,9H2,1H3,(H,18,22). The second-order valence-corrected chi connectivity index (χ2v) is 5.46. The zero-order chi connectivity index (χ0) is 15.7. The molecule has 2 N–H and O–H groups in total. The number of nitrogens with one attached hydrogen (secondary N) is 2. The number of rotatable bonds is 2. The fourth-order valence-corrected chi connectivity index (χ4v) is 2.48. The average Bonchev–Trinajstić information content (AvgIpc) is 2.85. The Balaban J connectivity index is 1.83. The van der Waals surface area contributed by atoms with Gasteiger partial charge in [-0.3, -0.25) is 9.89 Å². The van der Waals surface area contributed by atoms with Crippen LogP contribution in [0.1, 0.15) is 11.1 Å². The molecule has 3 aromatic rings. The monoisotopic (exact) mass is 315 g/mol. The van der Waals surface area contributed by atoms with Gasteiger partial charge in [0.15, 0.2) is 0 Å². The van der Waals surface area contributed by atoms with Gasteiger partial charge < -0.3 is 5.32 Å². The fraction of sp³-hybridized carbons (Fsp3) is 0.125. The van der Waals surface area contributed by atoms with Gasteiger partial charge in [-0.2, -0.15) is 4.68 Å². The topological polar surface area (TPSA) is 66.9 Å². The van der Waals surface area contributed by atoms with Gasteiger partial charge in [-0.25, -0.2) is 4.79 Å². The summed E-state index contributed by atoms with van der Waals surface area (Å²) in [6, 6.07) is 12.0. The maximum Gasteiger partial charge on any atom is 0.343 e. The number of halogens is 1. The highest BCUT2D eigenvalue weighted by Gasteiger charge is 2.12. The Hall–Kier alpha value is -2.53. The third-order valence-electron chi connectivity index (χ3n) is 3.54. The van der Waals surface area contributed by atoms with Crippen LogP contribution in [0.3, 0.4) is 0 Å². The van der Waals surface area contributed by atoms with E-state index in [4.69, 9.17) is 11.6 Å². The third-order valence-corrected chi connectivity index (χ3v) is 3.77. The van der Waals surface area contributed by atoms with Gasteiger partial charge in [0.25, 0.3) is 5.56 Å². The van der Waals surface area contributed by atoms with E-state index in [-0.39, 0.29) is 5.56 Å². The van der Waals surface area contributed by atoms with Crippen molar-refractivity contribution >= 4 is 28.5 Å². The number of fused-ring (bicyclic) bond motifs is 1. The predicted octanol–water partition coefficient (Wildman–Crippen LogP) is 3.05. The molecule has 1 heterocycles. The molecule has 0 aliphatic rings. The molecule has 0 radical (unpaired) electrons. The number of carbonyl (C=O) groups is 1. The summed E-state index contributed by atoms with van der Waals surface area (Å²) in [5.74, 6) is 0. The summed E-state index contributed by atoms with van der Waals surface area (Å²) in [4.78, 5) is 24.3. The Morgan fingerprint density at radius 1 is 1.27 bits per heavy atom. The van der Waals surface area contributed by atoms with E-state index in [1.807, 2.05) is 13.0 Å². The van der Waals surface area contributed by atoms with Gasteiger partial charge in [0, 0.05) is 11.6 Å². The number of carbonyl (C=O) groups excluding carboxylic acids is 1. The summed E-state index contributed by atoms with van der Waals surface area (Å²) in [6.07, 6.45) is 0. The summed E-state index contributed by atoms with van der Waals surface area (Å²) in [5, 5.41) is 6.60. The molecule has 112 valence electrons. The van der Waals surface area contributed by atoms with E-state index in [0.29, 0.717) is 22.5 Å². The molecule has 5 nitrogen and oxygen atoms in total. The normalized spacial score (nSPS) is 10.8. The maximum absolute atomic E-state index is 12.2. The number of H-pyrrole nitrogens is 1. The van der Waals surface area contributed by atoms with Crippen LogP contribution < -0.4 is 10.9 Å². The van der Waals surface area contributed by atoms with E-state index in [0.717, 1.165) is 15.8 Å². The van der Waals surface area contributed by atoms with Crippen molar-refractivity contribution in [3.63, 3.8) is 0 Å². The Kier molecular flexibility index (Phi) is 3.73. The molecule has 6 heteroatoms. The molecule has 3 rings (SSSR count). The van der Waals surface area contributed by atoms with Crippen LogP contribution in [0.5, 0.6) is 0 Å². The lowest BCUT2D eigenvalue weighted by molar-refractivity contribution is 0.238. The molecule has 0 saturated carbocycles. The highest BCUT2D eigenvalue weighted by atomic mass is 35.5. The van der Waals surface area contributed by atoms with Crippen molar-refractivity contribution < 1.29 is 4.79 Å². The van der Waals surface area contributed by atoms with Crippen LogP contribution in [0, 0.1) is 6.92 Å². The van der Waals surface area contributed by atoms with Crippen LogP contribution in [-0.2, 0) is 6.54 Å². The summed E-state index contributed by atoms with van der Waals surface area (Å²) in [6.45, 7) is 2.24. The third kappa shape index (κ3) is 2.63. The van der Waals surface area contributed by atoms with Crippen LogP contribution in [0.4, 0.5) is 4.79 Å². The number of nitrogens with zero attached hydrogens (tertiary/aromatic N) is 1. The van der Waals surface area contributed by atoms with Crippen LogP contribution in [-0.4, -0.2) is 15.8 Å². The molecule has 1 aromatic heterocycles. The minimum absolute atomic E-state index is 0.299. The molecule has 0 atom stereocenters. The summed E-state index contributed by atoms with van der Waals surface area (Å²) in [5.41, 5.74) is 2.19. The molecule has 22 heavy (non-hydrogen) atoms. The van der Waals surface area contributed by atoms with E-state index in [9.17, 15) is 9.59 Å². The van der Waals surface area contributed by atoms with E-state index >= 15 is 0 Å². The highest BCUT2D eigenvalue weighted by Crippen LogP contribution is 2.15. The van der Waals surface area contributed by atoms with E-state index < -0.39 is 6.03 Å². The number of hydrogen-bond acceptors (Lipinski definition) is 2. The first-order valence-corrected chi connectivity index (χ1v) is 7.17. The number of benzene rings is 2. The summed E-state index contributed by atoms with van der Waals surface area (Å²) < 4.78 is 0.977. The molecule has 0 spiro atoms. The SMILES string of the molecule is Cc1ccc(Cl)cc1CNC(=O)n1[nH]c2ccccc2c1=O. The Labute approximate surface area is 131 Å². The van der Waals surface area contributed by atoms with Crippen molar-refractivity contribution in [2.75, 3.05) is 0 Å². The predicted molar refractivity (Wildman–Crippen MR) is 86.4 cm³/mol. The van der Waals surface area contributed by atoms with Crippen LogP contribution in [0.15, 0.2) is 47.3 Å². The molecule has 0 aliphatic heterocycles. The number of aromatic nitrogens is 2. The lowest BCUT2D eigenvalue weighted by Crippen LogP contribution is -2.35.